The van der Waals surface area contributed by atoms with Crippen LogP contribution in [0, 0.1) is 0 Å². The standard InChI is InChI=1S/C29H27NO8/c1-33-24-10-4-18(14-25(24)34-2)12-13-30-15-22-23(37-17-30)11-9-21-27(31)26(16-36-28(21)22)38-20-7-5-19(6-8-20)29(32)35-3/h4-11,14,16H,12-13,15,17H2,1-3H3. The number of rotatable bonds is 8. The second kappa shape index (κ2) is 10.9. The highest BCUT2D eigenvalue weighted by Crippen LogP contribution is 2.33. The predicted molar refractivity (Wildman–Crippen MR) is 139 cm³/mol. The minimum absolute atomic E-state index is 0.0466. The Kier molecular flexibility index (Phi) is 7.19. The quantitative estimate of drug-likeness (QED) is 0.306. The molecular formula is C29H27NO8. The maximum absolute atomic E-state index is 13.2. The zero-order valence-electron chi connectivity index (χ0n) is 21.3. The Balaban J connectivity index is 1.33. The molecule has 0 bridgehead atoms. The van der Waals surface area contributed by atoms with E-state index in [4.69, 9.17) is 28.1 Å². The Morgan fingerprint density at radius 3 is 2.47 bits per heavy atom. The molecule has 196 valence electrons. The number of hydrogen-bond acceptors (Lipinski definition) is 9. The number of carbonyl (C=O) groups is 1. The van der Waals surface area contributed by atoms with Gasteiger partial charge in [0.15, 0.2) is 11.5 Å². The van der Waals surface area contributed by atoms with Crippen LogP contribution in [-0.2, 0) is 17.7 Å². The summed E-state index contributed by atoms with van der Waals surface area (Å²) >= 11 is 0. The maximum atomic E-state index is 13.2. The van der Waals surface area contributed by atoms with Gasteiger partial charge in [-0.3, -0.25) is 9.69 Å². The van der Waals surface area contributed by atoms with Crippen LogP contribution in [0.4, 0.5) is 0 Å². The minimum atomic E-state index is -0.452. The van der Waals surface area contributed by atoms with E-state index in [0.29, 0.717) is 52.8 Å². The summed E-state index contributed by atoms with van der Waals surface area (Å²) in [7, 11) is 4.54. The van der Waals surface area contributed by atoms with Gasteiger partial charge >= 0.3 is 5.97 Å². The number of carbonyl (C=O) groups excluding carboxylic acids is 1. The molecular weight excluding hydrogens is 490 g/mol. The molecule has 1 aliphatic heterocycles. The van der Waals surface area contributed by atoms with Crippen molar-refractivity contribution in [3.05, 3.63) is 87.8 Å². The smallest absolute Gasteiger partial charge is 0.337 e. The SMILES string of the molecule is COC(=O)c1ccc(Oc2coc3c4c(ccc3c2=O)OCN(CCc2ccc(OC)c(OC)c2)C4)cc1. The fourth-order valence-electron chi connectivity index (χ4n) is 4.38. The zero-order chi connectivity index (χ0) is 26.6. The molecule has 0 aliphatic carbocycles. The molecule has 0 saturated heterocycles. The molecule has 0 N–H and O–H groups in total. The van der Waals surface area contributed by atoms with Crippen LogP contribution >= 0.6 is 0 Å². The molecule has 0 unspecified atom stereocenters. The fourth-order valence-corrected chi connectivity index (χ4v) is 4.38. The van der Waals surface area contributed by atoms with Gasteiger partial charge in [-0.15, -0.1) is 0 Å². The first-order chi connectivity index (χ1) is 18.5. The van der Waals surface area contributed by atoms with E-state index in [9.17, 15) is 9.59 Å². The van der Waals surface area contributed by atoms with Crippen LogP contribution in [0.25, 0.3) is 11.0 Å². The monoisotopic (exact) mass is 517 g/mol. The first kappa shape index (κ1) is 25.2. The topological polar surface area (TPSA) is 96.7 Å². The molecule has 38 heavy (non-hydrogen) atoms. The van der Waals surface area contributed by atoms with Crippen LogP contribution in [0.3, 0.4) is 0 Å². The van der Waals surface area contributed by atoms with Crippen LogP contribution in [0.15, 0.2) is 70.1 Å². The highest BCUT2D eigenvalue weighted by atomic mass is 16.5. The Morgan fingerprint density at radius 2 is 1.74 bits per heavy atom. The summed E-state index contributed by atoms with van der Waals surface area (Å²) < 4.78 is 33.1. The molecule has 4 aromatic rings. The summed E-state index contributed by atoms with van der Waals surface area (Å²) in [5.74, 6) is 2.06. The van der Waals surface area contributed by atoms with Crippen molar-refractivity contribution in [3.63, 3.8) is 0 Å². The molecule has 3 aromatic carbocycles. The van der Waals surface area contributed by atoms with Gasteiger partial charge in [-0.2, -0.15) is 0 Å². The number of fused-ring (bicyclic) bond motifs is 3. The van der Waals surface area contributed by atoms with Gasteiger partial charge in [0.2, 0.25) is 11.2 Å². The molecule has 1 aliphatic rings. The lowest BCUT2D eigenvalue weighted by molar-refractivity contribution is 0.0600. The molecule has 0 saturated carbocycles. The van der Waals surface area contributed by atoms with Crippen LogP contribution in [0.2, 0.25) is 0 Å². The minimum Gasteiger partial charge on any atom is -0.493 e. The van der Waals surface area contributed by atoms with E-state index in [-0.39, 0.29) is 11.2 Å². The number of methoxy groups -OCH3 is 3. The van der Waals surface area contributed by atoms with Gasteiger partial charge in [-0.05, 0) is 60.5 Å². The molecule has 0 radical (unpaired) electrons. The summed E-state index contributed by atoms with van der Waals surface area (Å²) in [6.07, 6.45) is 2.09. The molecule has 1 aromatic heterocycles. The van der Waals surface area contributed by atoms with Gasteiger partial charge in [-0.1, -0.05) is 6.07 Å². The molecule has 0 amide bonds. The van der Waals surface area contributed by atoms with E-state index in [1.54, 1.807) is 50.6 Å². The van der Waals surface area contributed by atoms with Crippen molar-refractivity contribution >= 4 is 16.9 Å². The van der Waals surface area contributed by atoms with Gasteiger partial charge in [0.1, 0.15) is 30.1 Å². The van der Waals surface area contributed by atoms with E-state index in [2.05, 4.69) is 4.90 Å². The van der Waals surface area contributed by atoms with Gasteiger partial charge in [-0.25, -0.2) is 4.79 Å². The highest BCUT2D eigenvalue weighted by Gasteiger charge is 2.23. The zero-order valence-corrected chi connectivity index (χ0v) is 21.3. The third-order valence-corrected chi connectivity index (χ3v) is 6.42. The average Bonchev–Trinajstić information content (AvgIpc) is 2.97. The van der Waals surface area contributed by atoms with E-state index >= 15 is 0 Å². The molecule has 2 heterocycles. The van der Waals surface area contributed by atoms with E-state index < -0.39 is 5.97 Å². The first-order valence-electron chi connectivity index (χ1n) is 12.0. The Labute approximate surface area is 219 Å². The first-order valence-corrected chi connectivity index (χ1v) is 12.0. The van der Waals surface area contributed by atoms with Crippen molar-refractivity contribution in [2.45, 2.75) is 13.0 Å². The molecule has 9 heteroatoms. The van der Waals surface area contributed by atoms with E-state index in [1.807, 2.05) is 18.2 Å². The Hall–Kier alpha value is -4.50. The van der Waals surface area contributed by atoms with Crippen molar-refractivity contribution in [2.24, 2.45) is 0 Å². The predicted octanol–water partition coefficient (Wildman–Crippen LogP) is 4.78. The van der Waals surface area contributed by atoms with Crippen molar-refractivity contribution in [3.8, 4) is 28.7 Å². The lowest BCUT2D eigenvalue weighted by Gasteiger charge is -2.29. The van der Waals surface area contributed by atoms with Gasteiger partial charge in [0.05, 0.1) is 37.8 Å². The third kappa shape index (κ3) is 5.01. The molecule has 9 nitrogen and oxygen atoms in total. The molecule has 0 atom stereocenters. The third-order valence-electron chi connectivity index (χ3n) is 6.42. The normalized spacial score (nSPS) is 12.9. The molecule has 0 fully saturated rings. The maximum Gasteiger partial charge on any atom is 0.337 e. The summed E-state index contributed by atoms with van der Waals surface area (Å²) in [6, 6.07) is 15.7. The summed E-state index contributed by atoms with van der Waals surface area (Å²) in [5, 5.41) is 0.401. The van der Waals surface area contributed by atoms with E-state index in [0.717, 1.165) is 24.1 Å². The van der Waals surface area contributed by atoms with Gasteiger partial charge in [0, 0.05) is 13.1 Å². The highest BCUT2D eigenvalue weighted by molar-refractivity contribution is 5.89. The van der Waals surface area contributed by atoms with Crippen molar-refractivity contribution in [2.75, 3.05) is 34.6 Å². The lowest BCUT2D eigenvalue weighted by Crippen LogP contribution is -2.33. The van der Waals surface area contributed by atoms with E-state index in [1.165, 1.54) is 13.4 Å². The molecule has 5 rings (SSSR count). The fraction of sp³-hybridized carbons (Fsp3) is 0.241. The van der Waals surface area contributed by atoms with Crippen LogP contribution in [-0.4, -0.2) is 45.5 Å². The summed E-state index contributed by atoms with van der Waals surface area (Å²) in [4.78, 5) is 27.0. The number of hydrogen-bond donors (Lipinski definition) is 0. The number of ether oxygens (including phenoxy) is 5. The van der Waals surface area contributed by atoms with Crippen LogP contribution < -0.4 is 24.4 Å². The van der Waals surface area contributed by atoms with Crippen molar-refractivity contribution in [1.82, 2.24) is 4.90 Å². The van der Waals surface area contributed by atoms with Crippen LogP contribution in [0.1, 0.15) is 21.5 Å². The number of benzene rings is 3. The summed E-state index contributed by atoms with van der Waals surface area (Å²) in [5.41, 5.74) is 2.48. The average molecular weight is 518 g/mol. The van der Waals surface area contributed by atoms with Crippen molar-refractivity contribution < 1.29 is 32.9 Å². The van der Waals surface area contributed by atoms with Gasteiger partial charge < -0.3 is 28.1 Å². The van der Waals surface area contributed by atoms with Crippen molar-refractivity contribution in [1.29, 1.82) is 0 Å². The second-order valence-electron chi connectivity index (χ2n) is 8.73. The number of esters is 1. The van der Waals surface area contributed by atoms with Crippen LogP contribution in [0.5, 0.6) is 28.7 Å². The summed E-state index contributed by atoms with van der Waals surface area (Å²) in [6.45, 7) is 1.73. The Morgan fingerprint density at radius 1 is 0.947 bits per heavy atom. The Bertz CT molecular complexity index is 1530. The second-order valence-corrected chi connectivity index (χ2v) is 8.73. The lowest BCUT2D eigenvalue weighted by atomic mass is 10.1. The largest absolute Gasteiger partial charge is 0.493 e. The molecule has 0 spiro atoms. The number of nitrogens with zero attached hydrogens (tertiary/aromatic N) is 1. The van der Waals surface area contributed by atoms with Gasteiger partial charge in [0.25, 0.3) is 0 Å².